The summed E-state index contributed by atoms with van der Waals surface area (Å²) in [6.45, 7) is 3.04. The Hall–Kier alpha value is -1.90. The molecular formula is C23H28F3NO3S. The molecule has 0 spiro atoms. The maximum atomic E-state index is 13.0. The molecule has 8 heteroatoms. The van der Waals surface area contributed by atoms with E-state index in [0.717, 1.165) is 36.9 Å². The molecule has 1 heterocycles. The maximum absolute atomic E-state index is 13.0. The Labute approximate surface area is 181 Å². The molecule has 1 fully saturated rings. The molecule has 2 aliphatic rings. The fourth-order valence-corrected chi connectivity index (χ4v) is 4.97. The lowest BCUT2D eigenvalue weighted by atomic mass is 9.73. The molecule has 4 nitrogen and oxygen atoms in total. The van der Waals surface area contributed by atoms with E-state index in [0.29, 0.717) is 24.1 Å². The smallest absolute Gasteiger partial charge is 0.302 e. The van der Waals surface area contributed by atoms with Gasteiger partial charge in [-0.1, -0.05) is 35.9 Å². The Bertz CT molecular complexity index is 1030. The van der Waals surface area contributed by atoms with Crippen LogP contribution in [0, 0.1) is 12.8 Å². The van der Waals surface area contributed by atoms with Crippen LogP contribution in [0.4, 0.5) is 13.2 Å². The first-order valence-electron chi connectivity index (χ1n) is 10.2. The van der Waals surface area contributed by atoms with Gasteiger partial charge in [-0.15, -0.1) is 0 Å². The van der Waals surface area contributed by atoms with Crippen molar-refractivity contribution in [3.05, 3.63) is 70.3 Å². The zero-order valence-corrected chi connectivity index (χ0v) is 18.7. The third kappa shape index (κ3) is 6.08. The highest BCUT2D eigenvalue weighted by Crippen LogP contribution is 2.46. The van der Waals surface area contributed by atoms with Crippen LogP contribution in [0.1, 0.15) is 40.2 Å². The summed E-state index contributed by atoms with van der Waals surface area (Å²) in [5, 5.41) is 0. The van der Waals surface area contributed by atoms with E-state index in [9.17, 15) is 21.6 Å². The number of rotatable bonds is 2. The van der Waals surface area contributed by atoms with Gasteiger partial charge in [0.1, 0.15) is 0 Å². The van der Waals surface area contributed by atoms with Crippen molar-refractivity contribution in [3.63, 3.8) is 0 Å². The average Bonchev–Trinajstić information content (AvgIpc) is 2.95. The quantitative estimate of drug-likeness (QED) is 0.666. The van der Waals surface area contributed by atoms with Crippen molar-refractivity contribution in [2.75, 3.05) is 19.8 Å². The SMILES string of the molecule is CS(=O)(=O)O.Cc1cccc(C[C@@H]2C3CCc4cc(C(F)(F)F)ccc4[C@@H]3CN2C)c1. The van der Waals surface area contributed by atoms with E-state index in [1.165, 1.54) is 23.3 Å². The van der Waals surface area contributed by atoms with Crippen LogP contribution >= 0.6 is 0 Å². The van der Waals surface area contributed by atoms with Crippen LogP contribution in [0.5, 0.6) is 0 Å². The molecule has 0 saturated carbocycles. The van der Waals surface area contributed by atoms with E-state index in [1.807, 2.05) is 0 Å². The van der Waals surface area contributed by atoms with Gasteiger partial charge < -0.3 is 4.90 Å². The first kappa shape index (κ1) is 23.8. The number of aryl methyl sites for hydroxylation is 2. The summed E-state index contributed by atoms with van der Waals surface area (Å²) >= 11 is 0. The molecule has 2 aromatic rings. The summed E-state index contributed by atoms with van der Waals surface area (Å²) in [7, 11) is -1.51. The first-order valence-corrected chi connectivity index (χ1v) is 12.1. The van der Waals surface area contributed by atoms with Crippen molar-refractivity contribution in [1.82, 2.24) is 4.90 Å². The van der Waals surface area contributed by atoms with Crippen molar-refractivity contribution < 1.29 is 26.1 Å². The number of hydrogen-bond acceptors (Lipinski definition) is 3. The van der Waals surface area contributed by atoms with Gasteiger partial charge in [-0.3, -0.25) is 4.55 Å². The number of hydrogen-bond donors (Lipinski definition) is 1. The third-order valence-corrected chi connectivity index (χ3v) is 6.21. The Kier molecular flexibility index (Phi) is 6.84. The normalized spacial score (nSPS) is 23.5. The predicted molar refractivity (Wildman–Crippen MR) is 115 cm³/mol. The average molecular weight is 456 g/mol. The van der Waals surface area contributed by atoms with E-state index in [-0.39, 0.29) is 0 Å². The minimum Gasteiger partial charge on any atom is -0.302 e. The number of likely N-dealkylation sites (N-methyl/N-ethyl adjacent to an activating group) is 1. The molecule has 3 atom stereocenters. The van der Waals surface area contributed by atoms with Gasteiger partial charge in [-0.05, 0) is 68.0 Å². The van der Waals surface area contributed by atoms with Crippen LogP contribution < -0.4 is 0 Å². The van der Waals surface area contributed by atoms with Crippen LogP contribution in [-0.4, -0.2) is 43.8 Å². The zero-order valence-electron chi connectivity index (χ0n) is 17.9. The Morgan fingerprint density at radius 2 is 1.84 bits per heavy atom. The van der Waals surface area contributed by atoms with E-state index < -0.39 is 21.9 Å². The maximum Gasteiger partial charge on any atom is 0.416 e. The second-order valence-corrected chi connectivity index (χ2v) is 10.1. The Morgan fingerprint density at radius 3 is 2.45 bits per heavy atom. The lowest BCUT2D eigenvalue weighted by Crippen LogP contribution is -2.32. The van der Waals surface area contributed by atoms with Gasteiger partial charge in [0, 0.05) is 18.5 Å². The number of halogens is 3. The Morgan fingerprint density at radius 1 is 1.16 bits per heavy atom. The first-order chi connectivity index (χ1) is 14.3. The summed E-state index contributed by atoms with van der Waals surface area (Å²) in [6.07, 6.45) is -0.813. The largest absolute Gasteiger partial charge is 0.416 e. The molecule has 0 aromatic heterocycles. The standard InChI is InChI=1S/C22H24F3N.CH4O3S/c1-14-4-3-5-15(10-14)11-21-19-8-6-16-12-17(22(23,24)25)7-9-18(16)20(19)13-26(21)2;1-5(2,3)4/h3-5,7,9-10,12,19-21H,6,8,11,13H2,1-2H3;1H3,(H,2,3,4)/t19?,20-,21+;/m0./s1. The highest BCUT2D eigenvalue weighted by atomic mass is 32.2. The molecule has 1 N–H and O–H groups in total. The highest BCUT2D eigenvalue weighted by Gasteiger charge is 2.43. The van der Waals surface area contributed by atoms with E-state index in [1.54, 1.807) is 6.07 Å². The van der Waals surface area contributed by atoms with Gasteiger partial charge >= 0.3 is 6.18 Å². The van der Waals surface area contributed by atoms with Crippen LogP contribution in [-0.2, 0) is 29.1 Å². The van der Waals surface area contributed by atoms with Crippen LogP contribution in [0.3, 0.4) is 0 Å². The molecule has 2 aromatic carbocycles. The van der Waals surface area contributed by atoms with Gasteiger partial charge in [-0.25, -0.2) is 0 Å². The number of nitrogens with zero attached hydrogens (tertiary/aromatic N) is 1. The molecule has 1 unspecified atom stereocenters. The second-order valence-electron chi connectivity index (χ2n) is 8.65. The molecule has 1 aliphatic carbocycles. The summed E-state index contributed by atoms with van der Waals surface area (Å²) in [4.78, 5) is 2.41. The molecule has 4 rings (SSSR count). The van der Waals surface area contributed by atoms with Crippen molar-refractivity contribution in [1.29, 1.82) is 0 Å². The van der Waals surface area contributed by atoms with Gasteiger partial charge in [0.15, 0.2) is 0 Å². The van der Waals surface area contributed by atoms with Gasteiger partial charge in [0.05, 0.1) is 11.8 Å². The van der Waals surface area contributed by atoms with Crippen LogP contribution in [0.2, 0.25) is 0 Å². The molecule has 170 valence electrons. The summed E-state index contributed by atoms with van der Waals surface area (Å²) in [5.74, 6) is 0.866. The third-order valence-electron chi connectivity index (χ3n) is 6.21. The molecule has 0 bridgehead atoms. The fraction of sp³-hybridized carbons (Fsp3) is 0.478. The number of benzene rings is 2. The second kappa shape index (κ2) is 8.92. The predicted octanol–water partition coefficient (Wildman–Crippen LogP) is 4.72. The Balaban J connectivity index is 0.000000491. The van der Waals surface area contributed by atoms with Crippen LogP contribution in [0.15, 0.2) is 42.5 Å². The van der Waals surface area contributed by atoms with Crippen molar-refractivity contribution in [2.45, 2.75) is 44.3 Å². The molecule has 31 heavy (non-hydrogen) atoms. The van der Waals surface area contributed by atoms with Crippen molar-refractivity contribution in [3.8, 4) is 0 Å². The van der Waals surface area contributed by atoms with Crippen LogP contribution in [0.25, 0.3) is 0 Å². The number of likely N-dealkylation sites (tertiary alicyclic amines) is 1. The number of alkyl halides is 3. The van der Waals surface area contributed by atoms with E-state index in [2.05, 4.69) is 43.1 Å². The van der Waals surface area contributed by atoms with Crippen molar-refractivity contribution >= 4 is 10.1 Å². The monoisotopic (exact) mass is 455 g/mol. The zero-order chi connectivity index (χ0) is 23.0. The lowest BCUT2D eigenvalue weighted by molar-refractivity contribution is -0.137. The summed E-state index contributed by atoms with van der Waals surface area (Å²) in [5.41, 5.74) is 4.13. The molecular weight excluding hydrogens is 427 g/mol. The van der Waals surface area contributed by atoms with E-state index in [4.69, 9.17) is 4.55 Å². The molecule has 1 saturated heterocycles. The highest BCUT2D eigenvalue weighted by molar-refractivity contribution is 7.85. The fourth-order valence-electron chi connectivity index (χ4n) is 4.97. The van der Waals surface area contributed by atoms with Crippen molar-refractivity contribution in [2.24, 2.45) is 5.92 Å². The minimum absolute atomic E-state index is 0.348. The topological polar surface area (TPSA) is 57.6 Å². The van der Waals surface area contributed by atoms with Gasteiger partial charge in [0.25, 0.3) is 10.1 Å². The molecule has 1 aliphatic heterocycles. The lowest BCUT2D eigenvalue weighted by Gasteiger charge is -2.32. The number of fused-ring (bicyclic) bond motifs is 3. The van der Waals surface area contributed by atoms with Gasteiger partial charge in [0.2, 0.25) is 0 Å². The summed E-state index contributed by atoms with van der Waals surface area (Å²) < 4.78 is 64.9. The van der Waals surface area contributed by atoms with E-state index >= 15 is 0 Å². The minimum atomic E-state index is -4.26. The van der Waals surface area contributed by atoms with Gasteiger partial charge in [-0.2, -0.15) is 21.6 Å². The molecule has 0 amide bonds. The summed E-state index contributed by atoms with van der Waals surface area (Å²) in [6, 6.07) is 13.5. The molecule has 0 radical (unpaired) electrons.